The Morgan fingerprint density at radius 2 is 1.76 bits per heavy atom. The number of nitrogens with zero attached hydrogens (tertiary/aromatic N) is 2. The molecule has 2 aliphatic rings. The van der Waals surface area contributed by atoms with Crippen LogP contribution in [0.2, 0.25) is 0 Å². The SMILES string of the molecule is COc1cc(CCC(O)C2C(=O)CC(c3cc(O)c(O)c(OC)c3)CCc3c(ccc4cc(O)ccc34)Nc3cc(ccn3)C23CCCC3Cc2ccc[n-]2)ccc1O. The highest BCUT2D eigenvalue weighted by atomic mass is 16.5. The molecule has 2 bridgehead atoms. The van der Waals surface area contributed by atoms with Crippen molar-refractivity contribution in [2.45, 2.75) is 75.2 Å². The maximum atomic E-state index is 15.7. The van der Waals surface area contributed by atoms with Gasteiger partial charge in [-0.2, -0.15) is 11.9 Å². The number of aromatic nitrogens is 2. The molecular formula is C48H50N3O8-. The first kappa shape index (κ1) is 39.6. The fraction of sp³-hybridized carbons (Fsp3) is 0.333. The number of fused-ring (bicyclic) bond motifs is 6. The first-order valence-corrected chi connectivity index (χ1v) is 20.3. The van der Waals surface area contributed by atoms with Crippen LogP contribution < -0.4 is 19.8 Å². The number of carbonyl (C=O) groups is 1. The number of aliphatic hydroxyl groups is 1. The van der Waals surface area contributed by atoms with Crippen molar-refractivity contribution >= 4 is 28.1 Å². The number of hydrogen-bond acceptors (Lipinski definition) is 10. The van der Waals surface area contributed by atoms with E-state index in [-0.39, 0.29) is 53.3 Å². The number of aryl methyl sites for hydroxylation is 2. The number of anilines is 2. The van der Waals surface area contributed by atoms with E-state index < -0.39 is 23.4 Å². The summed E-state index contributed by atoms with van der Waals surface area (Å²) in [6.07, 6.45) is 7.15. The summed E-state index contributed by atoms with van der Waals surface area (Å²) in [7, 11) is 2.91. The van der Waals surface area contributed by atoms with Gasteiger partial charge in [-0.05, 0) is 144 Å². The van der Waals surface area contributed by atoms with Crippen molar-refractivity contribution < 1.29 is 39.8 Å². The fourth-order valence-electron chi connectivity index (χ4n) is 10.0. The number of ether oxygens (including phenoxy) is 2. The smallest absolute Gasteiger partial charge is 0.200 e. The van der Waals surface area contributed by atoms with Crippen LogP contribution in [0.15, 0.2) is 97.3 Å². The lowest BCUT2D eigenvalue weighted by atomic mass is 9.58. The predicted octanol–water partition coefficient (Wildman–Crippen LogP) is 8.35. The summed E-state index contributed by atoms with van der Waals surface area (Å²) in [5.41, 5.74) is 4.32. The highest BCUT2D eigenvalue weighted by Crippen LogP contribution is 2.55. The van der Waals surface area contributed by atoms with Gasteiger partial charge < -0.3 is 45.3 Å². The summed E-state index contributed by atoms with van der Waals surface area (Å²) in [4.78, 5) is 25.1. The lowest BCUT2D eigenvalue weighted by molar-refractivity contribution is -0.132. The number of pyridine rings is 1. The zero-order valence-electron chi connectivity index (χ0n) is 33.3. The lowest BCUT2D eigenvalue weighted by Gasteiger charge is -2.45. The molecule has 5 atom stereocenters. The van der Waals surface area contributed by atoms with Crippen LogP contribution >= 0.6 is 0 Å². The number of rotatable bonds is 9. The lowest BCUT2D eigenvalue weighted by Crippen LogP contribution is -2.50. The third-order valence-electron chi connectivity index (χ3n) is 12.8. The Labute approximate surface area is 343 Å². The van der Waals surface area contributed by atoms with Gasteiger partial charge in [0.05, 0.1) is 26.2 Å². The van der Waals surface area contributed by atoms with Crippen LogP contribution in [0.25, 0.3) is 10.8 Å². The Hall–Kier alpha value is -6.20. The molecule has 5 unspecified atom stereocenters. The van der Waals surface area contributed by atoms with Crippen LogP contribution in [0.5, 0.6) is 34.5 Å². The Kier molecular flexibility index (Phi) is 11.1. The summed E-state index contributed by atoms with van der Waals surface area (Å²) in [6.45, 7) is 0. The number of Topliss-reactive ketones (excluding diaryl/α,β-unsaturated/α-hetero) is 1. The predicted molar refractivity (Wildman–Crippen MR) is 225 cm³/mol. The average Bonchev–Trinajstić information content (AvgIpc) is 3.91. The molecule has 1 spiro atoms. The molecule has 0 saturated heterocycles. The molecule has 1 aliphatic carbocycles. The molecule has 8 rings (SSSR count). The van der Waals surface area contributed by atoms with Gasteiger partial charge in [0.2, 0.25) is 5.75 Å². The van der Waals surface area contributed by atoms with E-state index in [1.54, 1.807) is 48.8 Å². The standard InChI is InChI=1S/C48H50N3O8/c1-58-43-21-28(7-15-39(43)53)8-16-40(54)46-41(55)23-29(31-24-42(56)47(57)44(25-31)59-2)9-12-37-36-13-11-35(52)22-30(36)10-14-38(37)51-45-27-33(17-20-50-45)48(46)18-3-5-32(48)26-34-6-4-19-49-34/h4,6-7,10-11,13-15,17,19-22,24-25,27,29,32,40,46,52-54,56-57H,3,5,8-9,12,16,18,23,26H2,1-2H3,(H,50,51)/q-1. The second kappa shape index (κ2) is 16.6. The van der Waals surface area contributed by atoms with Gasteiger partial charge >= 0.3 is 0 Å². The summed E-state index contributed by atoms with van der Waals surface area (Å²) >= 11 is 0. The second-order valence-corrected chi connectivity index (χ2v) is 16.1. The van der Waals surface area contributed by atoms with E-state index in [1.165, 1.54) is 20.3 Å². The summed E-state index contributed by atoms with van der Waals surface area (Å²) in [6, 6.07) is 25.5. The maximum Gasteiger partial charge on any atom is 0.200 e. The number of aliphatic hydroxyl groups excluding tert-OH is 1. The van der Waals surface area contributed by atoms with E-state index in [4.69, 9.17) is 14.5 Å². The Morgan fingerprint density at radius 3 is 2.56 bits per heavy atom. The minimum atomic E-state index is -1.07. The third-order valence-corrected chi connectivity index (χ3v) is 12.8. The maximum absolute atomic E-state index is 15.7. The van der Waals surface area contributed by atoms with Gasteiger partial charge in [-0.1, -0.05) is 36.8 Å². The first-order chi connectivity index (χ1) is 28.6. The zero-order valence-corrected chi connectivity index (χ0v) is 33.3. The number of hydrogen-bond donors (Lipinski definition) is 6. The number of phenols is 4. The molecule has 306 valence electrons. The number of aromatic hydroxyl groups is 4. The van der Waals surface area contributed by atoms with Crippen LogP contribution in [0, 0.1) is 11.8 Å². The van der Waals surface area contributed by atoms with E-state index in [0.29, 0.717) is 49.2 Å². The van der Waals surface area contributed by atoms with Crippen molar-refractivity contribution in [3.8, 4) is 34.5 Å². The van der Waals surface area contributed by atoms with Crippen molar-refractivity contribution in [1.29, 1.82) is 0 Å². The molecule has 1 aliphatic heterocycles. The number of methoxy groups -OCH3 is 2. The Morgan fingerprint density at radius 1 is 0.915 bits per heavy atom. The monoisotopic (exact) mass is 796 g/mol. The van der Waals surface area contributed by atoms with E-state index in [9.17, 15) is 25.5 Å². The van der Waals surface area contributed by atoms with E-state index >= 15 is 4.79 Å². The molecule has 0 amide bonds. The molecule has 6 N–H and O–H groups in total. The number of carbonyl (C=O) groups excluding carboxylic acids is 1. The number of ketones is 1. The summed E-state index contributed by atoms with van der Waals surface area (Å²) in [5.74, 6) is -0.976. The molecule has 6 aromatic rings. The van der Waals surface area contributed by atoms with Crippen LogP contribution in [-0.4, -0.2) is 56.6 Å². The van der Waals surface area contributed by atoms with Crippen molar-refractivity contribution in [2.75, 3.05) is 19.5 Å². The minimum absolute atomic E-state index is 0.0226. The first-order valence-electron chi connectivity index (χ1n) is 20.3. The van der Waals surface area contributed by atoms with Crippen molar-refractivity contribution in [3.05, 3.63) is 125 Å². The second-order valence-electron chi connectivity index (χ2n) is 16.1. The molecule has 2 aromatic heterocycles. The molecule has 59 heavy (non-hydrogen) atoms. The molecule has 4 aromatic carbocycles. The van der Waals surface area contributed by atoms with Crippen LogP contribution in [0.3, 0.4) is 0 Å². The van der Waals surface area contributed by atoms with Gasteiger partial charge in [0.1, 0.15) is 17.4 Å². The van der Waals surface area contributed by atoms with E-state index in [2.05, 4.69) is 10.3 Å². The summed E-state index contributed by atoms with van der Waals surface area (Å²) < 4.78 is 10.9. The molecule has 1 fully saturated rings. The topological polar surface area (TPSA) is 176 Å². The third kappa shape index (κ3) is 7.74. The van der Waals surface area contributed by atoms with Crippen molar-refractivity contribution in [1.82, 2.24) is 9.97 Å². The molecule has 11 heteroatoms. The van der Waals surface area contributed by atoms with Gasteiger partial charge in [-0.3, -0.25) is 4.79 Å². The number of phenolic OH excluding ortho intramolecular Hbond substituents is 4. The number of benzene rings is 4. The van der Waals surface area contributed by atoms with E-state index in [0.717, 1.165) is 51.7 Å². The fourth-order valence-corrected chi connectivity index (χ4v) is 10.0. The Balaban J connectivity index is 1.30. The Bertz CT molecular complexity index is 2470. The van der Waals surface area contributed by atoms with Gasteiger partial charge in [0.25, 0.3) is 0 Å². The molecule has 11 nitrogen and oxygen atoms in total. The van der Waals surface area contributed by atoms with Gasteiger partial charge in [0, 0.05) is 23.7 Å². The normalized spacial score (nSPS) is 21.2. The largest absolute Gasteiger partial charge is 0.668 e. The van der Waals surface area contributed by atoms with Gasteiger partial charge in [-0.15, -0.1) is 0 Å². The average molecular weight is 797 g/mol. The molecule has 0 radical (unpaired) electrons. The van der Waals surface area contributed by atoms with Crippen LogP contribution in [0.1, 0.15) is 72.4 Å². The van der Waals surface area contributed by atoms with Crippen LogP contribution in [0.4, 0.5) is 11.5 Å². The minimum Gasteiger partial charge on any atom is -0.668 e. The highest BCUT2D eigenvalue weighted by Gasteiger charge is 2.54. The van der Waals surface area contributed by atoms with Crippen LogP contribution in [-0.2, 0) is 29.5 Å². The van der Waals surface area contributed by atoms with Gasteiger partial charge in [0.15, 0.2) is 23.0 Å². The van der Waals surface area contributed by atoms with Crippen molar-refractivity contribution in [2.24, 2.45) is 11.8 Å². The van der Waals surface area contributed by atoms with E-state index in [1.807, 2.05) is 42.5 Å². The quantitative estimate of drug-likeness (QED) is 0.0776. The molecular weight excluding hydrogens is 747 g/mol. The molecule has 1 saturated carbocycles. The molecule has 3 heterocycles. The summed E-state index contributed by atoms with van der Waals surface area (Å²) in [5, 5.41) is 60.3. The van der Waals surface area contributed by atoms with Gasteiger partial charge in [-0.25, -0.2) is 4.98 Å². The van der Waals surface area contributed by atoms with Crippen molar-refractivity contribution in [3.63, 3.8) is 0 Å². The number of nitrogens with one attached hydrogen (secondary N) is 1. The highest BCUT2D eigenvalue weighted by molar-refractivity contribution is 5.92. The zero-order chi connectivity index (χ0) is 41.3.